The smallest absolute Gasteiger partial charge is 0.242 e. The lowest BCUT2D eigenvalue weighted by molar-refractivity contribution is 0.0341. The lowest BCUT2D eigenvalue weighted by Crippen LogP contribution is -2.37. The third-order valence-electron chi connectivity index (χ3n) is 5.30. The van der Waals surface area contributed by atoms with E-state index in [1.165, 1.54) is 7.05 Å². The van der Waals surface area contributed by atoms with Crippen LogP contribution < -0.4 is 4.72 Å². The number of hydrogen-bond acceptors (Lipinski definition) is 6. The van der Waals surface area contributed by atoms with Gasteiger partial charge in [-0.15, -0.1) is 0 Å². The van der Waals surface area contributed by atoms with Gasteiger partial charge in [-0.25, -0.2) is 25.9 Å². The molecule has 0 radical (unpaired) electrons. The van der Waals surface area contributed by atoms with Gasteiger partial charge in [-0.1, -0.05) is 24.3 Å². The normalized spacial score (nSPS) is 15.8. The van der Waals surface area contributed by atoms with Crippen LogP contribution in [-0.2, 0) is 37.9 Å². The zero-order valence-electron chi connectivity index (χ0n) is 17.9. The minimum Gasteiger partial charge on any atom is -0.379 e. The molecule has 32 heavy (non-hydrogen) atoms. The molecule has 2 aromatic rings. The van der Waals surface area contributed by atoms with Crippen LogP contribution in [0.15, 0.2) is 53.4 Å². The Balaban J connectivity index is 1.57. The Kier molecular flexibility index (Phi) is 8.37. The van der Waals surface area contributed by atoms with Gasteiger partial charge < -0.3 is 4.74 Å². The number of halogens is 1. The summed E-state index contributed by atoms with van der Waals surface area (Å²) in [6, 6.07) is 12.0. The summed E-state index contributed by atoms with van der Waals surface area (Å²) in [6.45, 7) is 3.62. The molecule has 1 N–H and O–H groups in total. The van der Waals surface area contributed by atoms with E-state index < -0.39 is 31.6 Å². The molecule has 0 atom stereocenters. The molecule has 1 aliphatic heterocycles. The average molecular weight is 486 g/mol. The van der Waals surface area contributed by atoms with Gasteiger partial charge in [0.05, 0.1) is 23.9 Å². The highest BCUT2D eigenvalue weighted by molar-refractivity contribution is 7.90. The van der Waals surface area contributed by atoms with Gasteiger partial charge in [-0.2, -0.15) is 4.31 Å². The summed E-state index contributed by atoms with van der Waals surface area (Å²) in [5.41, 5.74) is 1.91. The molecule has 8 nitrogen and oxygen atoms in total. The Labute approximate surface area is 189 Å². The monoisotopic (exact) mass is 485 g/mol. The zero-order chi connectivity index (χ0) is 23.2. The second-order valence-corrected chi connectivity index (χ2v) is 11.5. The molecule has 176 valence electrons. The van der Waals surface area contributed by atoms with E-state index in [2.05, 4.69) is 9.62 Å². The highest BCUT2D eigenvalue weighted by Crippen LogP contribution is 2.16. The Morgan fingerprint density at radius 1 is 1.00 bits per heavy atom. The third kappa shape index (κ3) is 6.80. The van der Waals surface area contributed by atoms with Crippen molar-refractivity contribution in [2.75, 3.05) is 45.6 Å². The molecule has 0 unspecified atom stereocenters. The van der Waals surface area contributed by atoms with Gasteiger partial charge in [0.2, 0.25) is 20.0 Å². The van der Waals surface area contributed by atoms with Gasteiger partial charge in [-0.05, 0) is 35.4 Å². The van der Waals surface area contributed by atoms with Crippen LogP contribution in [-0.4, -0.2) is 71.7 Å². The number of benzene rings is 2. The molecule has 1 saturated heterocycles. The quantitative estimate of drug-likeness (QED) is 0.547. The first-order chi connectivity index (χ1) is 15.2. The van der Waals surface area contributed by atoms with Crippen molar-refractivity contribution < 1.29 is 26.0 Å². The number of rotatable bonds is 10. The highest BCUT2D eigenvalue weighted by Gasteiger charge is 2.23. The first-order valence-electron chi connectivity index (χ1n) is 10.2. The van der Waals surface area contributed by atoms with Gasteiger partial charge in [0.1, 0.15) is 5.82 Å². The summed E-state index contributed by atoms with van der Waals surface area (Å²) >= 11 is 0. The molecular formula is C21H28FN3O5S2. The van der Waals surface area contributed by atoms with Gasteiger partial charge in [0.25, 0.3) is 0 Å². The van der Waals surface area contributed by atoms with E-state index in [4.69, 9.17) is 4.74 Å². The second kappa shape index (κ2) is 10.8. The first kappa shape index (κ1) is 24.7. The topological polar surface area (TPSA) is 96.0 Å². The lowest BCUT2D eigenvalue weighted by Gasteiger charge is -2.27. The zero-order valence-corrected chi connectivity index (χ0v) is 19.5. The number of morpholine rings is 1. The molecule has 1 aliphatic rings. The van der Waals surface area contributed by atoms with Crippen molar-refractivity contribution >= 4 is 20.0 Å². The predicted octanol–water partition coefficient (Wildman–Crippen LogP) is 1.40. The van der Waals surface area contributed by atoms with Crippen molar-refractivity contribution in [3.8, 4) is 0 Å². The van der Waals surface area contributed by atoms with Crippen LogP contribution >= 0.6 is 0 Å². The summed E-state index contributed by atoms with van der Waals surface area (Å²) in [5.74, 6) is -0.942. The van der Waals surface area contributed by atoms with Crippen LogP contribution in [0.3, 0.4) is 0 Å². The Morgan fingerprint density at radius 2 is 1.62 bits per heavy atom. The molecule has 1 fully saturated rings. The first-order valence-corrected chi connectivity index (χ1v) is 13.3. The molecule has 3 rings (SSSR count). The van der Waals surface area contributed by atoms with Crippen molar-refractivity contribution in [2.24, 2.45) is 0 Å². The standard InChI is InChI=1S/C21H28FN3O5S2/c1-24(32(28,29)21-8-6-20(22)7-9-21)12-15-31(26,27)23-16-18-4-2-3-5-19(18)17-25-10-13-30-14-11-25/h2-9,23H,10-17H2,1H3. The minimum absolute atomic E-state index is 0.0937. The Bertz CT molecular complexity index is 1100. The lowest BCUT2D eigenvalue weighted by atomic mass is 10.1. The maximum Gasteiger partial charge on any atom is 0.242 e. The van der Waals surface area contributed by atoms with Crippen molar-refractivity contribution in [1.29, 1.82) is 0 Å². The fourth-order valence-electron chi connectivity index (χ4n) is 3.30. The molecule has 0 spiro atoms. The molecule has 0 saturated carbocycles. The summed E-state index contributed by atoms with van der Waals surface area (Å²) in [4.78, 5) is 2.16. The van der Waals surface area contributed by atoms with Crippen molar-refractivity contribution in [2.45, 2.75) is 18.0 Å². The maximum absolute atomic E-state index is 13.1. The number of nitrogens with zero attached hydrogens (tertiary/aromatic N) is 2. The Hall–Kier alpha value is -1.89. The minimum atomic E-state index is -3.91. The van der Waals surface area contributed by atoms with Crippen LogP contribution in [0.4, 0.5) is 4.39 Å². The molecule has 0 amide bonds. The van der Waals surface area contributed by atoms with E-state index in [1.807, 2.05) is 24.3 Å². The highest BCUT2D eigenvalue weighted by atomic mass is 32.2. The summed E-state index contributed by atoms with van der Waals surface area (Å²) in [5, 5.41) is 0. The van der Waals surface area contributed by atoms with E-state index in [0.717, 1.165) is 52.8 Å². The summed E-state index contributed by atoms with van der Waals surface area (Å²) in [7, 11) is -6.34. The molecule has 2 aromatic carbocycles. The summed E-state index contributed by atoms with van der Waals surface area (Å²) in [6.07, 6.45) is 0. The average Bonchev–Trinajstić information content (AvgIpc) is 2.78. The van der Waals surface area contributed by atoms with Gasteiger partial charge in [0.15, 0.2) is 0 Å². The number of sulfonamides is 2. The molecule has 1 heterocycles. The SMILES string of the molecule is CN(CCS(=O)(=O)NCc1ccccc1CN1CCOCC1)S(=O)(=O)c1ccc(F)cc1. The fraction of sp³-hybridized carbons (Fsp3) is 0.429. The van der Waals surface area contributed by atoms with Crippen LogP contribution in [0.25, 0.3) is 0 Å². The van der Waals surface area contributed by atoms with E-state index in [0.29, 0.717) is 19.8 Å². The molecular weight excluding hydrogens is 457 g/mol. The van der Waals surface area contributed by atoms with Gasteiger partial charge >= 0.3 is 0 Å². The number of ether oxygens (including phenoxy) is 1. The van der Waals surface area contributed by atoms with Crippen molar-refractivity contribution in [3.05, 3.63) is 65.5 Å². The van der Waals surface area contributed by atoms with Crippen LogP contribution in [0.5, 0.6) is 0 Å². The van der Waals surface area contributed by atoms with Crippen molar-refractivity contribution in [1.82, 2.24) is 13.9 Å². The Morgan fingerprint density at radius 3 is 2.28 bits per heavy atom. The summed E-state index contributed by atoms with van der Waals surface area (Å²) < 4.78 is 72.1. The molecule has 0 aliphatic carbocycles. The van der Waals surface area contributed by atoms with E-state index in [9.17, 15) is 21.2 Å². The van der Waals surface area contributed by atoms with Crippen LogP contribution in [0.1, 0.15) is 11.1 Å². The fourth-order valence-corrected chi connectivity index (χ4v) is 5.62. The predicted molar refractivity (Wildman–Crippen MR) is 119 cm³/mol. The third-order valence-corrected chi connectivity index (χ3v) is 8.47. The second-order valence-electron chi connectivity index (χ2n) is 7.58. The number of nitrogens with one attached hydrogen (secondary N) is 1. The van der Waals surface area contributed by atoms with Crippen molar-refractivity contribution in [3.63, 3.8) is 0 Å². The molecule has 0 bridgehead atoms. The largest absolute Gasteiger partial charge is 0.379 e. The van der Waals surface area contributed by atoms with Crippen LogP contribution in [0.2, 0.25) is 0 Å². The van der Waals surface area contributed by atoms with Gasteiger partial charge in [0, 0.05) is 39.8 Å². The molecule has 0 aromatic heterocycles. The molecule has 11 heteroatoms. The maximum atomic E-state index is 13.1. The van der Waals surface area contributed by atoms with E-state index in [1.54, 1.807) is 0 Å². The van der Waals surface area contributed by atoms with Crippen LogP contribution in [0, 0.1) is 5.82 Å². The number of hydrogen-bond donors (Lipinski definition) is 1. The van der Waals surface area contributed by atoms with Gasteiger partial charge in [-0.3, -0.25) is 4.90 Å². The van der Waals surface area contributed by atoms with E-state index >= 15 is 0 Å². The van der Waals surface area contributed by atoms with E-state index in [-0.39, 0.29) is 18.0 Å².